The largest absolute Gasteiger partial charge is 0.493 e. The van der Waals surface area contributed by atoms with Gasteiger partial charge in [0, 0.05) is 24.9 Å². The third kappa shape index (κ3) is 4.67. The van der Waals surface area contributed by atoms with E-state index in [4.69, 9.17) is 9.47 Å². The second kappa shape index (κ2) is 9.14. The van der Waals surface area contributed by atoms with Gasteiger partial charge in [-0.25, -0.2) is 8.42 Å². The Hall–Kier alpha value is -3.44. The molecule has 10 nitrogen and oxygen atoms in total. The Morgan fingerprint density at radius 2 is 1.81 bits per heavy atom. The van der Waals surface area contributed by atoms with Gasteiger partial charge in [0.05, 0.1) is 24.0 Å². The molecule has 0 aliphatic carbocycles. The lowest BCUT2D eigenvalue weighted by Crippen LogP contribution is -2.48. The number of hydrogen-bond donors (Lipinski definition) is 1. The summed E-state index contributed by atoms with van der Waals surface area (Å²) in [6.45, 7) is -0.0456. The van der Waals surface area contributed by atoms with Gasteiger partial charge in [0.2, 0.25) is 15.9 Å². The van der Waals surface area contributed by atoms with Crippen molar-refractivity contribution in [3.63, 3.8) is 0 Å². The molecule has 1 aliphatic rings. The monoisotopic (exact) mass is 447 g/mol. The Bertz CT molecular complexity index is 1110. The van der Waals surface area contributed by atoms with Crippen LogP contribution in [0.4, 0.5) is 5.69 Å². The molecule has 0 bridgehead atoms. The first-order valence-corrected chi connectivity index (χ1v) is 10.6. The number of nitro groups is 1. The molecular weight excluding hydrogens is 426 g/mol. The predicted octanol–water partition coefficient (Wildman–Crippen LogP) is 1.86. The lowest BCUT2D eigenvalue weighted by atomic mass is 10.0. The highest BCUT2D eigenvalue weighted by atomic mass is 32.2. The third-order valence-corrected chi connectivity index (χ3v) is 6.70. The summed E-state index contributed by atoms with van der Waals surface area (Å²) >= 11 is 0. The maximum absolute atomic E-state index is 13.3. The second-order valence-electron chi connectivity index (χ2n) is 6.65. The highest BCUT2D eigenvalue weighted by molar-refractivity contribution is 7.89. The molecule has 0 saturated carbocycles. The zero-order valence-corrected chi connectivity index (χ0v) is 17.7. The number of methoxy groups -OCH3 is 2. The summed E-state index contributed by atoms with van der Waals surface area (Å²) in [5.74, 6) is 0.472. The molecule has 164 valence electrons. The molecule has 1 amide bonds. The zero-order valence-electron chi connectivity index (χ0n) is 16.8. The molecule has 3 rings (SSSR count). The third-order valence-electron chi connectivity index (χ3n) is 4.81. The van der Waals surface area contributed by atoms with Crippen LogP contribution in [-0.2, 0) is 21.2 Å². The molecule has 1 aliphatic heterocycles. The van der Waals surface area contributed by atoms with E-state index in [9.17, 15) is 23.3 Å². The molecular formula is C20H21N3O7S. The minimum absolute atomic E-state index is 0.0456. The van der Waals surface area contributed by atoms with Crippen LogP contribution in [0, 0.1) is 10.1 Å². The number of non-ortho nitro benzene ring substituents is 1. The average molecular weight is 447 g/mol. The van der Waals surface area contributed by atoms with E-state index in [1.165, 1.54) is 26.5 Å². The first kappa shape index (κ1) is 22.2. The van der Waals surface area contributed by atoms with Crippen molar-refractivity contribution in [1.82, 2.24) is 9.62 Å². The van der Waals surface area contributed by atoms with Crippen molar-refractivity contribution in [3.05, 3.63) is 70.4 Å². The zero-order chi connectivity index (χ0) is 22.6. The number of benzene rings is 2. The van der Waals surface area contributed by atoms with E-state index in [0.29, 0.717) is 17.1 Å². The predicted molar refractivity (Wildman–Crippen MR) is 111 cm³/mol. The van der Waals surface area contributed by atoms with E-state index in [1.54, 1.807) is 18.2 Å². The molecule has 0 spiro atoms. The van der Waals surface area contributed by atoms with Gasteiger partial charge < -0.3 is 14.8 Å². The number of sulfonamides is 1. The van der Waals surface area contributed by atoms with Crippen LogP contribution in [0.5, 0.6) is 11.5 Å². The van der Waals surface area contributed by atoms with E-state index in [0.717, 1.165) is 28.6 Å². The van der Waals surface area contributed by atoms with Crippen LogP contribution >= 0.6 is 0 Å². The topological polar surface area (TPSA) is 128 Å². The van der Waals surface area contributed by atoms with Gasteiger partial charge >= 0.3 is 0 Å². The summed E-state index contributed by atoms with van der Waals surface area (Å²) in [5.41, 5.74) is 0.443. The highest BCUT2D eigenvalue weighted by Crippen LogP contribution is 2.29. The summed E-state index contributed by atoms with van der Waals surface area (Å²) in [4.78, 5) is 22.8. The number of carbonyl (C=O) groups excluding carboxylic acids is 1. The van der Waals surface area contributed by atoms with E-state index in [-0.39, 0.29) is 23.5 Å². The molecule has 1 heterocycles. The molecule has 0 aromatic heterocycles. The minimum atomic E-state index is -4.12. The second-order valence-corrected chi connectivity index (χ2v) is 8.54. The molecule has 0 saturated heterocycles. The lowest BCUT2D eigenvalue weighted by Gasteiger charge is -2.27. The molecule has 31 heavy (non-hydrogen) atoms. The quantitative estimate of drug-likeness (QED) is 0.507. The van der Waals surface area contributed by atoms with Crippen molar-refractivity contribution >= 4 is 21.6 Å². The Morgan fingerprint density at radius 1 is 1.13 bits per heavy atom. The molecule has 0 fully saturated rings. The number of nitro benzene ring substituents is 1. The SMILES string of the molecule is COc1ccc(C[C@H]2C(=O)NC=CCN2S(=O)(=O)c2ccc([N+](=O)[O-])cc2)cc1OC. The van der Waals surface area contributed by atoms with Crippen molar-refractivity contribution in [3.8, 4) is 11.5 Å². The van der Waals surface area contributed by atoms with Gasteiger partial charge in [-0.15, -0.1) is 0 Å². The van der Waals surface area contributed by atoms with Crippen LogP contribution in [0.2, 0.25) is 0 Å². The van der Waals surface area contributed by atoms with Gasteiger partial charge in [-0.3, -0.25) is 14.9 Å². The number of amides is 1. The van der Waals surface area contributed by atoms with Gasteiger partial charge in [-0.05, 0) is 36.2 Å². The van der Waals surface area contributed by atoms with Gasteiger partial charge in [0.1, 0.15) is 6.04 Å². The Kier molecular flexibility index (Phi) is 6.56. The number of nitrogens with zero attached hydrogens (tertiary/aromatic N) is 2. The van der Waals surface area contributed by atoms with Gasteiger partial charge in [-0.1, -0.05) is 12.1 Å². The smallest absolute Gasteiger partial charge is 0.269 e. The van der Waals surface area contributed by atoms with Crippen molar-refractivity contribution in [1.29, 1.82) is 0 Å². The van der Waals surface area contributed by atoms with Crippen molar-refractivity contribution in [2.24, 2.45) is 0 Å². The molecule has 0 radical (unpaired) electrons. The summed E-state index contributed by atoms with van der Waals surface area (Å²) in [6.07, 6.45) is 3.00. The summed E-state index contributed by atoms with van der Waals surface area (Å²) in [7, 11) is -1.13. The molecule has 0 unspecified atom stereocenters. The van der Waals surface area contributed by atoms with Gasteiger partial charge in [-0.2, -0.15) is 4.31 Å². The number of hydrogen-bond acceptors (Lipinski definition) is 7. The van der Waals surface area contributed by atoms with Crippen LogP contribution < -0.4 is 14.8 Å². The van der Waals surface area contributed by atoms with Crippen molar-refractivity contribution in [2.75, 3.05) is 20.8 Å². The van der Waals surface area contributed by atoms with Gasteiger partial charge in [0.25, 0.3) is 5.69 Å². The fourth-order valence-corrected chi connectivity index (χ4v) is 4.76. The first-order chi connectivity index (χ1) is 14.8. The normalized spacial score (nSPS) is 17.0. The van der Waals surface area contributed by atoms with Gasteiger partial charge in [0.15, 0.2) is 11.5 Å². The highest BCUT2D eigenvalue weighted by Gasteiger charge is 2.36. The fourth-order valence-electron chi connectivity index (χ4n) is 3.22. The van der Waals surface area contributed by atoms with Crippen molar-refractivity contribution < 1.29 is 27.6 Å². The summed E-state index contributed by atoms with van der Waals surface area (Å²) in [5, 5.41) is 13.4. The standard InChI is InChI=1S/C20H21N3O7S/c1-29-18-9-4-14(13-19(18)30-2)12-17-20(24)21-10-3-11-22(17)31(27,28)16-7-5-15(6-8-16)23(25)26/h3-10,13,17H,11-12H2,1-2H3,(H,21,24)/t17-/m0/s1. The van der Waals surface area contributed by atoms with E-state index in [2.05, 4.69) is 5.32 Å². The molecule has 1 atom stereocenters. The summed E-state index contributed by atoms with van der Waals surface area (Å²) < 4.78 is 38.2. The van der Waals surface area contributed by atoms with Crippen molar-refractivity contribution in [2.45, 2.75) is 17.4 Å². The molecule has 2 aromatic rings. The van der Waals surface area contributed by atoms with Crippen LogP contribution in [0.1, 0.15) is 5.56 Å². The summed E-state index contributed by atoms with van der Waals surface area (Å²) in [6, 6.07) is 8.59. The Morgan fingerprint density at radius 3 is 2.42 bits per heavy atom. The number of carbonyl (C=O) groups is 1. The number of ether oxygens (including phenoxy) is 2. The maximum atomic E-state index is 13.3. The Balaban J connectivity index is 1.97. The fraction of sp³-hybridized carbons (Fsp3) is 0.250. The van der Waals surface area contributed by atoms with Crippen LogP contribution in [0.3, 0.4) is 0 Å². The first-order valence-electron chi connectivity index (χ1n) is 9.20. The Labute approximate surface area is 179 Å². The van der Waals surface area contributed by atoms with Crippen LogP contribution in [-0.4, -0.2) is 50.4 Å². The number of rotatable bonds is 7. The van der Waals surface area contributed by atoms with E-state index in [1.807, 2.05) is 0 Å². The molecule has 1 N–H and O–H groups in total. The molecule has 11 heteroatoms. The minimum Gasteiger partial charge on any atom is -0.493 e. The van der Waals surface area contributed by atoms with Crippen LogP contribution in [0.25, 0.3) is 0 Å². The van der Waals surface area contributed by atoms with Crippen LogP contribution in [0.15, 0.2) is 59.6 Å². The lowest BCUT2D eigenvalue weighted by molar-refractivity contribution is -0.384. The number of nitrogens with one attached hydrogen (secondary N) is 1. The molecule has 2 aromatic carbocycles. The maximum Gasteiger partial charge on any atom is 0.269 e. The van der Waals surface area contributed by atoms with E-state index >= 15 is 0 Å². The van der Waals surface area contributed by atoms with E-state index < -0.39 is 26.9 Å². The average Bonchev–Trinajstić information content (AvgIpc) is 2.95.